The molecule has 0 aliphatic carbocycles. The Balaban J connectivity index is 0.00000289. The maximum absolute atomic E-state index is 5.20. The summed E-state index contributed by atoms with van der Waals surface area (Å²) in [7, 11) is 1.65. The highest BCUT2D eigenvalue weighted by Crippen LogP contribution is 2.20. The molecule has 0 amide bonds. The smallest absolute Gasteiger partial charge is 0.191 e. The molecule has 0 saturated carbocycles. The summed E-state index contributed by atoms with van der Waals surface area (Å²) in [6, 6.07) is 18.6. The lowest BCUT2D eigenvalue weighted by molar-refractivity contribution is 0.415. The van der Waals surface area contributed by atoms with Crippen LogP contribution in [0.1, 0.15) is 19.2 Å². The number of hydrogen-bond acceptors (Lipinski definition) is 5. The Morgan fingerprint density at radius 2 is 1.97 bits per heavy atom. The van der Waals surface area contributed by atoms with Gasteiger partial charge in [0.1, 0.15) is 18.1 Å². The minimum atomic E-state index is 0. The van der Waals surface area contributed by atoms with Crippen LogP contribution in [0.5, 0.6) is 5.75 Å². The fraction of sp³-hybridized carbons (Fsp3) is 0.348. The van der Waals surface area contributed by atoms with Crippen LogP contribution in [0.2, 0.25) is 0 Å². The van der Waals surface area contributed by atoms with E-state index in [0.717, 1.165) is 49.2 Å². The number of para-hydroxylation sites is 1. The van der Waals surface area contributed by atoms with Gasteiger partial charge in [0.2, 0.25) is 0 Å². The molecule has 1 aliphatic heterocycles. The number of nitrogens with zero attached hydrogens (tertiary/aromatic N) is 4. The summed E-state index contributed by atoms with van der Waals surface area (Å²) < 4.78 is 5.20. The van der Waals surface area contributed by atoms with E-state index in [1.54, 1.807) is 7.11 Å². The molecule has 0 radical (unpaired) electrons. The minimum Gasteiger partial charge on any atom is -0.497 e. The van der Waals surface area contributed by atoms with E-state index in [1.165, 1.54) is 5.69 Å². The second kappa shape index (κ2) is 11.7. The van der Waals surface area contributed by atoms with E-state index in [-0.39, 0.29) is 24.0 Å². The van der Waals surface area contributed by atoms with Crippen LogP contribution in [-0.2, 0) is 6.54 Å². The number of halogens is 1. The van der Waals surface area contributed by atoms with E-state index < -0.39 is 0 Å². The summed E-state index contributed by atoms with van der Waals surface area (Å²) in [6.07, 6.45) is 1.07. The molecule has 1 fully saturated rings. The molecule has 4 rings (SSSR count). The van der Waals surface area contributed by atoms with Crippen molar-refractivity contribution in [2.45, 2.75) is 25.9 Å². The van der Waals surface area contributed by atoms with Crippen molar-refractivity contribution in [3.8, 4) is 17.1 Å². The molecule has 1 unspecified atom stereocenters. The summed E-state index contributed by atoms with van der Waals surface area (Å²) in [6.45, 7) is 5.28. The molecule has 1 atom stereocenters. The molecule has 1 saturated heterocycles. The SMILES string of the molecule is CCNC(=NCc1nc(-c2ccc(OC)cc2)n[nH]1)NC1CCN(c2ccccc2)C1.I. The molecule has 1 aromatic heterocycles. The highest BCUT2D eigenvalue weighted by atomic mass is 127. The van der Waals surface area contributed by atoms with Crippen molar-refractivity contribution in [2.24, 2.45) is 4.99 Å². The maximum atomic E-state index is 5.20. The fourth-order valence-electron chi connectivity index (χ4n) is 3.65. The molecular weight excluding hydrogens is 517 g/mol. The van der Waals surface area contributed by atoms with Gasteiger partial charge in [0.25, 0.3) is 0 Å². The number of guanidine groups is 1. The Morgan fingerprint density at radius 1 is 1.19 bits per heavy atom. The van der Waals surface area contributed by atoms with Crippen molar-refractivity contribution in [3.63, 3.8) is 0 Å². The Labute approximate surface area is 205 Å². The maximum Gasteiger partial charge on any atom is 0.191 e. The van der Waals surface area contributed by atoms with E-state index in [9.17, 15) is 0 Å². The Kier molecular flexibility index (Phi) is 8.72. The van der Waals surface area contributed by atoms with Crippen LogP contribution in [0.3, 0.4) is 0 Å². The number of aliphatic imine (C=N–C) groups is 1. The first-order valence-corrected chi connectivity index (χ1v) is 10.7. The Bertz CT molecular complexity index is 991. The average Bonchev–Trinajstić information content (AvgIpc) is 3.48. The van der Waals surface area contributed by atoms with Crippen molar-refractivity contribution >= 4 is 35.6 Å². The number of ether oxygens (including phenoxy) is 1. The van der Waals surface area contributed by atoms with E-state index in [0.29, 0.717) is 18.4 Å². The molecule has 32 heavy (non-hydrogen) atoms. The van der Waals surface area contributed by atoms with Crippen LogP contribution in [0, 0.1) is 0 Å². The van der Waals surface area contributed by atoms with Crippen LogP contribution >= 0.6 is 24.0 Å². The zero-order valence-electron chi connectivity index (χ0n) is 18.4. The lowest BCUT2D eigenvalue weighted by Crippen LogP contribution is -2.44. The predicted molar refractivity (Wildman–Crippen MR) is 139 cm³/mol. The topological polar surface area (TPSA) is 90.5 Å². The largest absolute Gasteiger partial charge is 0.497 e. The van der Waals surface area contributed by atoms with Crippen LogP contribution in [0.25, 0.3) is 11.4 Å². The highest BCUT2D eigenvalue weighted by molar-refractivity contribution is 14.0. The molecule has 2 aromatic carbocycles. The van der Waals surface area contributed by atoms with Gasteiger partial charge >= 0.3 is 0 Å². The van der Waals surface area contributed by atoms with E-state index in [4.69, 9.17) is 9.73 Å². The lowest BCUT2D eigenvalue weighted by atomic mass is 10.2. The van der Waals surface area contributed by atoms with E-state index >= 15 is 0 Å². The average molecular weight is 547 g/mol. The summed E-state index contributed by atoms with van der Waals surface area (Å²) in [5.74, 6) is 2.98. The second-order valence-corrected chi connectivity index (χ2v) is 7.44. The standard InChI is InChI=1S/C23H29N7O.HI/c1-3-24-23(26-18-13-14-30(16-18)19-7-5-4-6-8-19)25-15-21-27-22(29-28-21)17-9-11-20(31-2)12-10-17;/h4-12,18H,3,13-16H2,1-2H3,(H2,24,25,26)(H,27,28,29);1H. The van der Waals surface area contributed by atoms with Crippen molar-refractivity contribution in [1.29, 1.82) is 0 Å². The van der Waals surface area contributed by atoms with Crippen molar-refractivity contribution in [1.82, 2.24) is 25.8 Å². The number of anilines is 1. The third-order valence-corrected chi connectivity index (χ3v) is 5.26. The normalized spacial score (nSPS) is 15.9. The third-order valence-electron chi connectivity index (χ3n) is 5.26. The predicted octanol–water partition coefficient (Wildman–Crippen LogP) is 3.43. The molecular formula is C23H30IN7O. The summed E-state index contributed by atoms with van der Waals surface area (Å²) >= 11 is 0. The monoisotopic (exact) mass is 547 g/mol. The van der Waals surface area contributed by atoms with Gasteiger partial charge in [0.15, 0.2) is 11.8 Å². The van der Waals surface area contributed by atoms with Gasteiger partial charge in [-0.25, -0.2) is 9.98 Å². The lowest BCUT2D eigenvalue weighted by Gasteiger charge is -2.20. The number of benzene rings is 2. The first kappa shape index (κ1) is 23.8. The van der Waals surface area contributed by atoms with Gasteiger partial charge in [-0.1, -0.05) is 18.2 Å². The second-order valence-electron chi connectivity index (χ2n) is 7.44. The minimum absolute atomic E-state index is 0. The van der Waals surface area contributed by atoms with Crippen LogP contribution in [0.15, 0.2) is 59.6 Å². The molecule has 0 spiro atoms. The number of hydrogen-bond donors (Lipinski definition) is 3. The first-order valence-electron chi connectivity index (χ1n) is 10.7. The van der Waals surface area contributed by atoms with Gasteiger partial charge in [-0.3, -0.25) is 5.10 Å². The van der Waals surface area contributed by atoms with Crippen LogP contribution in [-0.4, -0.2) is 53.9 Å². The summed E-state index contributed by atoms with van der Waals surface area (Å²) in [5, 5.41) is 14.2. The first-order chi connectivity index (χ1) is 15.2. The number of methoxy groups -OCH3 is 1. The number of rotatable bonds is 7. The molecule has 170 valence electrons. The number of nitrogens with one attached hydrogen (secondary N) is 3. The molecule has 3 N–H and O–H groups in total. The zero-order valence-corrected chi connectivity index (χ0v) is 20.7. The Hall–Kier alpha value is -2.82. The molecule has 1 aliphatic rings. The summed E-state index contributed by atoms with van der Waals surface area (Å²) in [5.41, 5.74) is 2.20. The highest BCUT2D eigenvalue weighted by Gasteiger charge is 2.23. The van der Waals surface area contributed by atoms with Crippen LogP contribution in [0.4, 0.5) is 5.69 Å². The number of aromatic nitrogens is 3. The number of aromatic amines is 1. The van der Waals surface area contributed by atoms with E-state index in [1.807, 2.05) is 24.3 Å². The fourth-order valence-corrected chi connectivity index (χ4v) is 3.65. The molecule has 8 nitrogen and oxygen atoms in total. The number of H-pyrrole nitrogens is 1. The van der Waals surface area contributed by atoms with Gasteiger partial charge in [-0.15, -0.1) is 24.0 Å². The van der Waals surface area contributed by atoms with Crippen LogP contribution < -0.4 is 20.3 Å². The summed E-state index contributed by atoms with van der Waals surface area (Å²) in [4.78, 5) is 11.7. The van der Waals surface area contributed by atoms with Gasteiger partial charge in [-0.05, 0) is 49.7 Å². The third kappa shape index (κ3) is 6.12. The van der Waals surface area contributed by atoms with Gasteiger partial charge < -0.3 is 20.3 Å². The van der Waals surface area contributed by atoms with E-state index in [2.05, 4.69) is 68.0 Å². The molecule has 9 heteroatoms. The molecule has 3 aromatic rings. The van der Waals surface area contributed by atoms with Gasteiger partial charge in [0.05, 0.1) is 7.11 Å². The van der Waals surface area contributed by atoms with Crippen molar-refractivity contribution in [3.05, 3.63) is 60.4 Å². The molecule has 0 bridgehead atoms. The van der Waals surface area contributed by atoms with Crippen molar-refractivity contribution in [2.75, 3.05) is 31.6 Å². The van der Waals surface area contributed by atoms with Crippen molar-refractivity contribution < 1.29 is 4.74 Å². The molecule has 2 heterocycles. The zero-order chi connectivity index (χ0) is 21.5. The van der Waals surface area contributed by atoms with Gasteiger partial charge in [0, 0.05) is 36.9 Å². The van der Waals surface area contributed by atoms with Gasteiger partial charge in [-0.2, -0.15) is 5.10 Å². The quantitative estimate of drug-likeness (QED) is 0.239. The Morgan fingerprint density at radius 3 is 2.69 bits per heavy atom.